The fourth-order valence-electron chi connectivity index (χ4n) is 2.75. The van der Waals surface area contributed by atoms with Gasteiger partial charge in [0.05, 0.1) is 39.6 Å². The third-order valence-electron chi connectivity index (χ3n) is 4.02. The zero-order chi connectivity index (χ0) is 19.8. The molecule has 0 heterocycles. The highest BCUT2D eigenvalue weighted by molar-refractivity contribution is 6.01. The van der Waals surface area contributed by atoms with Crippen LogP contribution < -0.4 is 19.7 Å². The number of quaternary nitrogens is 1. The minimum absolute atomic E-state index is 0.190. The summed E-state index contributed by atoms with van der Waals surface area (Å²) in [4.78, 5) is 25.1. The Bertz CT molecular complexity index is 807. The Morgan fingerprint density at radius 2 is 1.70 bits per heavy atom. The third-order valence-corrected chi connectivity index (χ3v) is 4.02. The Hall–Kier alpha value is -3.06. The van der Waals surface area contributed by atoms with E-state index in [1.165, 1.54) is 7.11 Å². The Kier molecular flexibility index (Phi) is 7.19. The summed E-state index contributed by atoms with van der Waals surface area (Å²) in [5.74, 6) is 0.636. The molecule has 0 fully saturated rings. The van der Waals surface area contributed by atoms with Crippen LogP contribution in [0.1, 0.15) is 15.9 Å². The number of para-hydroxylation sites is 1. The van der Waals surface area contributed by atoms with Crippen LogP contribution in [0.2, 0.25) is 0 Å². The van der Waals surface area contributed by atoms with Crippen LogP contribution in [0.25, 0.3) is 0 Å². The molecule has 0 aromatic heterocycles. The molecule has 7 heteroatoms. The maximum Gasteiger partial charge on any atom is 0.339 e. The van der Waals surface area contributed by atoms with Gasteiger partial charge in [0.15, 0.2) is 18.0 Å². The Balaban J connectivity index is 1.99. The number of hydrogen-bond acceptors (Lipinski definition) is 5. The first-order valence-corrected chi connectivity index (χ1v) is 8.47. The zero-order valence-corrected chi connectivity index (χ0v) is 16.0. The molecule has 1 atom stereocenters. The number of nitrogens with one attached hydrogen (secondary N) is 2. The standard InChI is InChI=1S/C20H24N2O5/c1-22(12-14-9-10-17(25-2)18(11-14)26-3)13-19(23)21-16-8-6-5-7-15(16)20(24)27-4/h5-11H,12-13H2,1-4H3,(H,21,23)/p+1. The number of carbonyl (C=O) groups is 2. The number of benzene rings is 2. The number of rotatable bonds is 8. The number of anilines is 1. The highest BCUT2D eigenvalue weighted by atomic mass is 16.5. The molecule has 0 saturated heterocycles. The van der Waals surface area contributed by atoms with Crippen LogP contribution in [0, 0.1) is 0 Å². The van der Waals surface area contributed by atoms with Crippen LogP contribution in [0.15, 0.2) is 42.5 Å². The SMILES string of the molecule is COC(=O)c1ccccc1NC(=O)C[NH+](C)Cc1ccc(OC)c(OC)c1. The van der Waals surface area contributed by atoms with Gasteiger partial charge < -0.3 is 24.4 Å². The molecular weight excluding hydrogens is 348 g/mol. The van der Waals surface area contributed by atoms with Crippen molar-refractivity contribution in [3.05, 3.63) is 53.6 Å². The van der Waals surface area contributed by atoms with Crippen molar-refractivity contribution in [2.75, 3.05) is 40.2 Å². The second kappa shape index (κ2) is 9.59. The van der Waals surface area contributed by atoms with Crippen LogP contribution in [-0.2, 0) is 16.1 Å². The molecule has 0 aliphatic rings. The summed E-state index contributed by atoms with van der Waals surface area (Å²) in [6.07, 6.45) is 0. The average molecular weight is 373 g/mol. The van der Waals surface area contributed by atoms with Gasteiger partial charge in [0.25, 0.3) is 5.91 Å². The van der Waals surface area contributed by atoms with Crippen LogP contribution in [-0.4, -0.2) is 46.8 Å². The third kappa shape index (κ3) is 5.46. The molecule has 0 aliphatic heterocycles. The predicted octanol–water partition coefficient (Wildman–Crippen LogP) is 1.14. The molecular formula is C20H25N2O5+. The van der Waals surface area contributed by atoms with E-state index in [2.05, 4.69) is 5.32 Å². The van der Waals surface area contributed by atoms with Crippen LogP contribution in [0.4, 0.5) is 5.69 Å². The van der Waals surface area contributed by atoms with Crippen molar-refractivity contribution < 1.29 is 28.7 Å². The maximum absolute atomic E-state index is 12.4. The monoisotopic (exact) mass is 373 g/mol. The van der Waals surface area contributed by atoms with Crippen LogP contribution in [0.3, 0.4) is 0 Å². The van der Waals surface area contributed by atoms with E-state index in [4.69, 9.17) is 14.2 Å². The molecule has 1 amide bonds. The molecule has 7 nitrogen and oxygen atoms in total. The van der Waals surface area contributed by atoms with Gasteiger partial charge >= 0.3 is 5.97 Å². The lowest BCUT2D eigenvalue weighted by Crippen LogP contribution is -3.08. The quantitative estimate of drug-likeness (QED) is 0.679. The maximum atomic E-state index is 12.4. The topological polar surface area (TPSA) is 78.3 Å². The van der Waals surface area contributed by atoms with Gasteiger partial charge in [0, 0.05) is 5.56 Å². The van der Waals surface area contributed by atoms with E-state index >= 15 is 0 Å². The average Bonchev–Trinajstić information content (AvgIpc) is 2.67. The second-order valence-electron chi connectivity index (χ2n) is 6.09. The summed E-state index contributed by atoms with van der Waals surface area (Å²) in [6.45, 7) is 0.871. The number of carbonyl (C=O) groups excluding carboxylic acids is 2. The lowest BCUT2D eigenvalue weighted by atomic mass is 10.1. The smallest absolute Gasteiger partial charge is 0.339 e. The van der Waals surface area contributed by atoms with Gasteiger partial charge in [-0.05, 0) is 30.3 Å². The van der Waals surface area contributed by atoms with E-state index in [1.807, 2.05) is 25.2 Å². The van der Waals surface area contributed by atoms with E-state index in [0.717, 1.165) is 10.5 Å². The summed E-state index contributed by atoms with van der Waals surface area (Å²) in [6, 6.07) is 12.4. The fraction of sp³-hybridized carbons (Fsp3) is 0.300. The summed E-state index contributed by atoms with van der Waals surface area (Å²) >= 11 is 0. The second-order valence-corrected chi connectivity index (χ2v) is 6.09. The molecule has 0 radical (unpaired) electrons. The lowest BCUT2D eigenvalue weighted by Gasteiger charge is -2.16. The van der Waals surface area contributed by atoms with Gasteiger partial charge in [-0.3, -0.25) is 4.79 Å². The number of ether oxygens (including phenoxy) is 3. The molecule has 2 N–H and O–H groups in total. The van der Waals surface area contributed by atoms with Gasteiger partial charge in [-0.25, -0.2) is 4.79 Å². The molecule has 0 bridgehead atoms. The Morgan fingerprint density at radius 3 is 2.37 bits per heavy atom. The van der Waals surface area contributed by atoms with Crippen molar-refractivity contribution in [2.45, 2.75) is 6.54 Å². The van der Waals surface area contributed by atoms with Crippen molar-refractivity contribution in [2.24, 2.45) is 0 Å². The normalized spacial score (nSPS) is 11.4. The van der Waals surface area contributed by atoms with Crippen molar-refractivity contribution in [1.29, 1.82) is 0 Å². The molecule has 27 heavy (non-hydrogen) atoms. The molecule has 2 rings (SSSR count). The van der Waals surface area contributed by atoms with Crippen LogP contribution in [0.5, 0.6) is 11.5 Å². The predicted molar refractivity (Wildman–Crippen MR) is 101 cm³/mol. The number of esters is 1. The summed E-state index contributed by atoms with van der Waals surface area (Å²) < 4.78 is 15.3. The Morgan fingerprint density at radius 1 is 1.00 bits per heavy atom. The largest absolute Gasteiger partial charge is 0.493 e. The Labute approximate surface area is 158 Å². The molecule has 2 aromatic carbocycles. The molecule has 2 aromatic rings. The lowest BCUT2D eigenvalue weighted by molar-refractivity contribution is -0.885. The number of hydrogen-bond donors (Lipinski definition) is 2. The number of likely N-dealkylation sites (N-methyl/N-ethyl adjacent to an activating group) is 1. The van der Waals surface area contributed by atoms with E-state index in [-0.39, 0.29) is 12.5 Å². The number of methoxy groups -OCH3 is 3. The molecule has 0 aliphatic carbocycles. The van der Waals surface area contributed by atoms with Gasteiger partial charge in [0.2, 0.25) is 0 Å². The fourth-order valence-corrected chi connectivity index (χ4v) is 2.75. The first-order chi connectivity index (χ1) is 13.0. The van der Waals surface area contributed by atoms with Crippen molar-refractivity contribution >= 4 is 17.6 Å². The van der Waals surface area contributed by atoms with Crippen LogP contribution >= 0.6 is 0 Å². The van der Waals surface area contributed by atoms with Gasteiger partial charge in [0.1, 0.15) is 6.54 Å². The molecule has 144 valence electrons. The minimum atomic E-state index is -0.489. The molecule has 0 spiro atoms. The minimum Gasteiger partial charge on any atom is -0.493 e. The zero-order valence-electron chi connectivity index (χ0n) is 16.0. The summed E-state index contributed by atoms with van der Waals surface area (Å²) in [7, 11) is 6.40. The summed E-state index contributed by atoms with van der Waals surface area (Å²) in [5, 5.41) is 2.78. The summed E-state index contributed by atoms with van der Waals surface area (Å²) in [5.41, 5.74) is 1.78. The molecule has 0 saturated carbocycles. The van der Waals surface area contributed by atoms with E-state index < -0.39 is 5.97 Å². The number of amides is 1. The van der Waals surface area contributed by atoms with Gasteiger partial charge in [-0.2, -0.15) is 0 Å². The van der Waals surface area contributed by atoms with E-state index in [0.29, 0.717) is 29.3 Å². The van der Waals surface area contributed by atoms with E-state index in [1.54, 1.807) is 38.5 Å². The first kappa shape index (κ1) is 20.3. The highest BCUT2D eigenvalue weighted by Gasteiger charge is 2.16. The van der Waals surface area contributed by atoms with Crippen molar-refractivity contribution in [3.63, 3.8) is 0 Å². The van der Waals surface area contributed by atoms with Gasteiger partial charge in [-0.15, -0.1) is 0 Å². The highest BCUT2D eigenvalue weighted by Crippen LogP contribution is 2.27. The van der Waals surface area contributed by atoms with Crippen molar-refractivity contribution in [3.8, 4) is 11.5 Å². The van der Waals surface area contributed by atoms with Gasteiger partial charge in [-0.1, -0.05) is 12.1 Å². The first-order valence-electron chi connectivity index (χ1n) is 8.47. The van der Waals surface area contributed by atoms with Crippen molar-refractivity contribution in [1.82, 2.24) is 0 Å². The van der Waals surface area contributed by atoms with E-state index in [9.17, 15) is 9.59 Å². The molecule has 1 unspecified atom stereocenters.